The number of carbonyl (C=O) groups is 1. The van der Waals surface area contributed by atoms with Gasteiger partial charge in [0, 0.05) is 12.2 Å². The summed E-state index contributed by atoms with van der Waals surface area (Å²) < 4.78 is 37.9. The van der Waals surface area contributed by atoms with Crippen LogP contribution in [-0.2, 0) is 11.0 Å². The first-order chi connectivity index (χ1) is 9.74. The number of hydrogen-bond donors (Lipinski definition) is 2. The Morgan fingerprint density at radius 3 is 2.57 bits per heavy atom. The molecule has 0 aromatic heterocycles. The molecule has 1 aromatic rings. The van der Waals surface area contributed by atoms with Crippen molar-refractivity contribution in [2.75, 3.05) is 18.4 Å². The maximum absolute atomic E-state index is 12.6. The minimum Gasteiger partial charge on any atom is -0.376 e. The molecule has 4 nitrogen and oxygen atoms in total. The fourth-order valence-electron chi connectivity index (χ4n) is 1.56. The monoisotopic (exact) mass is 299 g/mol. The van der Waals surface area contributed by atoms with E-state index in [0.717, 1.165) is 12.1 Å². The third-order valence-corrected chi connectivity index (χ3v) is 2.61. The van der Waals surface area contributed by atoms with Gasteiger partial charge < -0.3 is 10.6 Å². The van der Waals surface area contributed by atoms with Crippen LogP contribution in [0.2, 0.25) is 0 Å². The predicted molar refractivity (Wildman–Crippen MR) is 72.5 cm³/mol. The zero-order valence-corrected chi connectivity index (χ0v) is 11.7. The molecule has 0 saturated heterocycles. The van der Waals surface area contributed by atoms with Crippen molar-refractivity contribution in [3.8, 4) is 6.07 Å². The van der Waals surface area contributed by atoms with Gasteiger partial charge in [-0.2, -0.15) is 18.4 Å². The van der Waals surface area contributed by atoms with E-state index in [9.17, 15) is 18.0 Å². The van der Waals surface area contributed by atoms with Crippen molar-refractivity contribution in [2.24, 2.45) is 5.92 Å². The summed E-state index contributed by atoms with van der Waals surface area (Å²) in [5, 5.41) is 14.1. The Bertz CT molecular complexity index is 547. The lowest BCUT2D eigenvalue weighted by Gasteiger charge is -2.12. The summed E-state index contributed by atoms with van der Waals surface area (Å²) in [5.41, 5.74) is -1.17. The van der Waals surface area contributed by atoms with E-state index in [1.54, 1.807) is 0 Å². The molecule has 0 fully saturated rings. The zero-order valence-electron chi connectivity index (χ0n) is 11.7. The van der Waals surface area contributed by atoms with E-state index in [-0.39, 0.29) is 12.5 Å². The number of nitrogens with one attached hydrogen (secondary N) is 2. The molecule has 0 atom stereocenters. The lowest BCUT2D eigenvalue weighted by atomic mass is 10.1. The van der Waals surface area contributed by atoms with Crippen LogP contribution >= 0.6 is 0 Å². The minimum atomic E-state index is -4.57. The molecule has 1 aromatic carbocycles. The SMILES string of the molecule is CC(C)CNC(=O)CNc1ccc(C(F)(F)F)c(C#N)c1. The third-order valence-electron chi connectivity index (χ3n) is 2.61. The summed E-state index contributed by atoms with van der Waals surface area (Å²) in [5.74, 6) is 0.0484. The molecule has 0 radical (unpaired) electrons. The van der Waals surface area contributed by atoms with E-state index in [1.807, 2.05) is 13.8 Å². The van der Waals surface area contributed by atoms with Crippen molar-refractivity contribution in [3.05, 3.63) is 29.3 Å². The lowest BCUT2D eigenvalue weighted by Crippen LogP contribution is -2.32. The molecular weight excluding hydrogens is 283 g/mol. The number of nitriles is 1. The molecule has 1 rings (SSSR count). The Hall–Kier alpha value is -2.23. The molecule has 114 valence electrons. The smallest absolute Gasteiger partial charge is 0.376 e. The molecule has 0 heterocycles. The summed E-state index contributed by atoms with van der Waals surface area (Å²) >= 11 is 0. The standard InChI is InChI=1S/C14H16F3N3O/c1-9(2)7-20-13(21)8-19-11-3-4-12(14(15,16)17)10(5-11)6-18/h3-5,9,19H,7-8H2,1-2H3,(H,20,21). The maximum atomic E-state index is 12.6. The van der Waals surface area contributed by atoms with Gasteiger partial charge in [-0.1, -0.05) is 13.8 Å². The molecule has 21 heavy (non-hydrogen) atoms. The van der Waals surface area contributed by atoms with Gasteiger partial charge in [0.15, 0.2) is 0 Å². The number of amides is 1. The number of halogens is 3. The van der Waals surface area contributed by atoms with Crippen LogP contribution in [0.15, 0.2) is 18.2 Å². The van der Waals surface area contributed by atoms with Gasteiger partial charge in [-0.15, -0.1) is 0 Å². The highest BCUT2D eigenvalue weighted by Crippen LogP contribution is 2.32. The van der Waals surface area contributed by atoms with Gasteiger partial charge in [0.25, 0.3) is 0 Å². The molecule has 0 spiro atoms. The molecule has 0 saturated carbocycles. The van der Waals surface area contributed by atoms with Crippen molar-refractivity contribution < 1.29 is 18.0 Å². The van der Waals surface area contributed by atoms with E-state index in [2.05, 4.69) is 10.6 Å². The number of hydrogen-bond acceptors (Lipinski definition) is 3. The summed E-state index contributed by atoms with van der Waals surface area (Å²) in [6.45, 7) is 4.35. The number of anilines is 1. The molecule has 0 aliphatic carbocycles. The molecule has 2 N–H and O–H groups in total. The first-order valence-electron chi connectivity index (χ1n) is 6.36. The second-order valence-electron chi connectivity index (χ2n) is 4.92. The normalized spacial score (nSPS) is 11.1. The second kappa shape index (κ2) is 6.97. The van der Waals surface area contributed by atoms with Crippen molar-refractivity contribution in [2.45, 2.75) is 20.0 Å². The Kier molecular flexibility index (Phi) is 5.59. The number of alkyl halides is 3. The fraction of sp³-hybridized carbons (Fsp3) is 0.429. The van der Waals surface area contributed by atoms with Crippen LogP contribution in [0.25, 0.3) is 0 Å². The van der Waals surface area contributed by atoms with E-state index >= 15 is 0 Å². The van der Waals surface area contributed by atoms with Crippen molar-refractivity contribution in [1.82, 2.24) is 5.32 Å². The van der Waals surface area contributed by atoms with Gasteiger partial charge >= 0.3 is 6.18 Å². The van der Waals surface area contributed by atoms with Gasteiger partial charge in [0.2, 0.25) is 5.91 Å². The van der Waals surface area contributed by atoms with E-state index in [1.165, 1.54) is 12.1 Å². The first kappa shape index (κ1) is 16.8. The van der Waals surface area contributed by atoms with Crippen LogP contribution in [0.5, 0.6) is 0 Å². The molecule has 0 unspecified atom stereocenters. The molecule has 7 heteroatoms. The van der Waals surface area contributed by atoms with Crippen molar-refractivity contribution in [3.63, 3.8) is 0 Å². The Labute approximate surface area is 121 Å². The highest BCUT2D eigenvalue weighted by atomic mass is 19.4. The van der Waals surface area contributed by atoms with E-state index in [4.69, 9.17) is 5.26 Å². The fourth-order valence-corrected chi connectivity index (χ4v) is 1.56. The average molecular weight is 299 g/mol. The molecule has 1 amide bonds. The van der Waals surface area contributed by atoms with Crippen LogP contribution in [0, 0.1) is 17.2 Å². The van der Waals surface area contributed by atoms with Gasteiger partial charge in [-0.05, 0) is 24.1 Å². The quantitative estimate of drug-likeness (QED) is 0.878. The third kappa shape index (κ3) is 5.34. The first-order valence-corrected chi connectivity index (χ1v) is 6.36. The highest BCUT2D eigenvalue weighted by molar-refractivity contribution is 5.80. The van der Waals surface area contributed by atoms with Crippen LogP contribution in [0.4, 0.5) is 18.9 Å². The highest BCUT2D eigenvalue weighted by Gasteiger charge is 2.33. The number of carbonyl (C=O) groups excluding carboxylic acids is 1. The van der Waals surface area contributed by atoms with Crippen molar-refractivity contribution >= 4 is 11.6 Å². The zero-order chi connectivity index (χ0) is 16.0. The van der Waals surface area contributed by atoms with Gasteiger partial charge in [0.05, 0.1) is 23.7 Å². The molecule has 0 aliphatic heterocycles. The largest absolute Gasteiger partial charge is 0.417 e. The summed E-state index contributed by atoms with van der Waals surface area (Å²) in [6, 6.07) is 4.61. The van der Waals surface area contributed by atoms with Crippen molar-refractivity contribution in [1.29, 1.82) is 5.26 Å². The summed E-state index contributed by atoms with van der Waals surface area (Å²) in [4.78, 5) is 11.5. The molecular formula is C14H16F3N3O. The Morgan fingerprint density at radius 1 is 1.38 bits per heavy atom. The molecule has 0 aliphatic rings. The second-order valence-corrected chi connectivity index (χ2v) is 4.92. The van der Waals surface area contributed by atoms with Crippen LogP contribution < -0.4 is 10.6 Å². The topological polar surface area (TPSA) is 64.9 Å². The summed E-state index contributed by atoms with van der Waals surface area (Å²) in [6.07, 6.45) is -4.57. The lowest BCUT2D eigenvalue weighted by molar-refractivity contribution is -0.137. The van der Waals surface area contributed by atoms with Crippen LogP contribution in [0.1, 0.15) is 25.0 Å². The minimum absolute atomic E-state index is 0.0665. The van der Waals surface area contributed by atoms with Crippen LogP contribution in [-0.4, -0.2) is 19.0 Å². The number of benzene rings is 1. The van der Waals surface area contributed by atoms with E-state index in [0.29, 0.717) is 18.2 Å². The molecule has 0 bridgehead atoms. The Balaban J connectivity index is 2.70. The predicted octanol–water partition coefficient (Wildman–Crippen LogP) is 2.76. The number of rotatable bonds is 5. The summed E-state index contributed by atoms with van der Waals surface area (Å²) in [7, 11) is 0. The van der Waals surface area contributed by atoms with Gasteiger partial charge in [0.1, 0.15) is 0 Å². The van der Waals surface area contributed by atoms with E-state index < -0.39 is 17.3 Å². The Morgan fingerprint density at radius 2 is 2.05 bits per heavy atom. The maximum Gasteiger partial charge on any atom is 0.417 e. The van der Waals surface area contributed by atoms with Gasteiger partial charge in [-0.25, -0.2) is 0 Å². The number of nitrogens with zero attached hydrogens (tertiary/aromatic N) is 1. The van der Waals surface area contributed by atoms with Crippen LogP contribution in [0.3, 0.4) is 0 Å². The average Bonchev–Trinajstić information content (AvgIpc) is 2.41. The van der Waals surface area contributed by atoms with Gasteiger partial charge in [-0.3, -0.25) is 4.79 Å².